The summed E-state index contributed by atoms with van der Waals surface area (Å²) in [4.78, 5) is 11.8. The SMILES string of the molecule is COc1ccc(OCCOC(=O)COc2ccc(N(C)S(=O)(=O)c3cccs3)cc2)cc1. The molecule has 0 spiro atoms. The van der Waals surface area contributed by atoms with Gasteiger partial charge in [0.15, 0.2) is 6.61 Å². The first-order chi connectivity index (χ1) is 15.4. The normalized spacial score (nSPS) is 10.9. The Morgan fingerprint density at radius 3 is 2.16 bits per heavy atom. The number of hydrogen-bond donors (Lipinski definition) is 0. The largest absolute Gasteiger partial charge is 0.497 e. The number of methoxy groups -OCH3 is 1. The summed E-state index contributed by atoms with van der Waals surface area (Å²) in [5.74, 6) is 1.25. The fourth-order valence-electron chi connectivity index (χ4n) is 2.61. The summed E-state index contributed by atoms with van der Waals surface area (Å²) < 4.78 is 47.6. The van der Waals surface area contributed by atoms with E-state index in [0.717, 1.165) is 17.1 Å². The Kier molecular flexibility index (Phi) is 7.96. The van der Waals surface area contributed by atoms with E-state index in [-0.39, 0.29) is 24.0 Å². The smallest absolute Gasteiger partial charge is 0.344 e. The fourth-order valence-corrected chi connectivity index (χ4v) is 4.96. The number of anilines is 1. The lowest BCUT2D eigenvalue weighted by atomic mass is 10.3. The van der Waals surface area contributed by atoms with Crippen molar-refractivity contribution in [1.29, 1.82) is 0 Å². The molecule has 0 amide bonds. The van der Waals surface area contributed by atoms with Gasteiger partial charge in [-0.15, -0.1) is 11.3 Å². The van der Waals surface area contributed by atoms with Crippen molar-refractivity contribution in [2.24, 2.45) is 0 Å². The first kappa shape index (κ1) is 23.4. The molecule has 3 rings (SSSR count). The molecule has 1 heterocycles. The van der Waals surface area contributed by atoms with Crippen molar-refractivity contribution in [3.63, 3.8) is 0 Å². The molecule has 0 bridgehead atoms. The predicted molar refractivity (Wildman–Crippen MR) is 121 cm³/mol. The minimum atomic E-state index is -3.61. The minimum Gasteiger partial charge on any atom is -0.497 e. The van der Waals surface area contributed by atoms with Crippen LogP contribution in [0.3, 0.4) is 0 Å². The molecule has 0 aliphatic heterocycles. The Hall–Kier alpha value is -3.24. The van der Waals surface area contributed by atoms with Crippen LogP contribution in [0.2, 0.25) is 0 Å². The van der Waals surface area contributed by atoms with Crippen molar-refractivity contribution in [3.05, 3.63) is 66.0 Å². The molecule has 3 aromatic rings. The first-order valence-electron chi connectivity index (χ1n) is 9.58. The van der Waals surface area contributed by atoms with E-state index in [4.69, 9.17) is 18.9 Å². The van der Waals surface area contributed by atoms with E-state index in [1.807, 2.05) is 0 Å². The zero-order valence-electron chi connectivity index (χ0n) is 17.6. The summed E-state index contributed by atoms with van der Waals surface area (Å²) in [6.45, 7) is 0.0154. The third-order valence-corrected chi connectivity index (χ3v) is 7.50. The molecule has 0 fully saturated rings. The van der Waals surface area contributed by atoms with Crippen molar-refractivity contribution in [3.8, 4) is 17.2 Å². The number of ether oxygens (including phenoxy) is 4. The van der Waals surface area contributed by atoms with Crippen molar-refractivity contribution < 1.29 is 32.2 Å². The van der Waals surface area contributed by atoms with Gasteiger partial charge in [-0.1, -0.05) is 6.07 Å². The van der Waals surface area contributed by atoms with Gasteiger partial charge < -0.3 is 18.9 Å². The highest BCUT2D eigenvalue weighted by Crippen LogP contribution is 2.26. The molecule has 0 atom stereocenters. The van der Waals surface area contributed by atoms with Gasteiger partial charge in [0.05, 0.1) is 12.8 Å². The van der Waals surface area contributed by atoms with E-state index in [2.05, 4.69) is 0 Å². The molecule has 170 valence electrons. The van der Waals surface area contributed by atoms with E-state index in [0.29, 0.717) is 17.2 Å². The zero-order chi connectivity index (χ0) is 23.0. The second kappa shape index (κ2) is 10.9. The van der Waals surface area contributed by atoms with Gasteiger partial charge in [-0.3, -0.25) is 4.31 Å². The molecule has 0 saturated carbocycles. The summed E-state index contributed by atoms with van der Waals surface area (Å²) in [5.41, 5.74) is 0.476. The van der Waals surface area contributed by atoms with E-state index < -0.39 is 16.0 Å². The van der Waals surface area contributed by atoms with E-state index in [9.17, 15) is 13.2 Å². The van der Waals surface area contributed by atoms with Crippen LogP contribution in [0, 0.1) is 0 Å². The van der Waals surface area contributed by atoms with E-state index >= 15 is 0 Å². The second-order valence-electron chi connectivity index (χ2n) is 6.43. The maximum Gasteiger partial charge on any atom is 0.344 e. The van der Waals surface area contributed by atoms with Crippen LogP contribution in [0.4, 0.5) is 5.69 Å². The Morgan fingerprint density at radius 2 is 1.53 bits per heavy atom. The lowest BCUT2D eigenvalue weighted by Crippen LogP contribution is -2.25. The predicted octanol–water partition coefficient (Wildman–Crippen LogP) is 3.58. The van der Waals surface area contributed by atoms with Crippen LogP contribution in [0.5, 0.6) is 17.2 Å². The number of rotatable bonds is 11. The van der Waals surface area contributed by atoms with Crippen molar-refractivity contribution in [2.45, 2.75) is 4.21 Å². The molecule has 0 N–H and O–H groups in total. The molecule has 8 nitrogen and oxygen atoms in total. The quantitative estimate of drug-likeness (QED) is 0.308. The van der Waals surface area contributed by atoms with Crippen LogP contribution < -0.4 is 18.5 Å². The van der Waals surface area contributed by atoms with E-state index in [1.165, 1.54) is 11.4 Å². The molecule has 32 heavy (non-hydrogen) atoms. The highest BCUT2D eigenvalue weighted by atomic mass is 32.2. The maximum atomic E-state index is 12.6. The number of esters is 1. The molecule has 0 unspecified atom stereocenters. The van der Waals surface area contributed by atoms with Gasteiger partial charge in [0.2, 0.25) is 0 Å². The monoisotopic (exact) mass is 477 g/mol. The highest BCUT2D eigenvalue weighted by Gasteiger charge is 2.22. The molecule has 2 aromatic carbocycles. The highest BCUT2D eigenvalue weighted by molar-refractivity contribution is 7.94. The third-order valence-electron chi connectivity index (χ3n) is 4.34. The molecule has 0 aliphatic carbocycles. The minimum absolute atomic E-state index is 0.0819. The standard InChI is InChI=1S/C22H23NO7S2/c1-23(32(25,26)22-4-3-15-31-22)17-5-7-20(8-6-17)30-16-21(24)29-14-13-28-19-11-9-18(27-2)10-12-19/h3-12,15H,13-14,16H2,1-2H3. The van der Waals surface area contributed by atoms with Crippen molar-refractivity contribution in [1.82, 2.24) is 0 Å². The topological polar surface area (TPSA) is 91.4 Å². The van der Waals surface area contributed by atoms with Crippen LogP contribution in [-0.2, 0) is 19.6 Å². The van der Waals surface area contributed by atoms with Gasteiger partial charge in [0.1, 0.15) is 34.7 Å². The third kappa shape index (κ3) is 6.14. The molecular weight excluding hydrogens is 454 g/mol. The van der Waals surface area contributed by atoms with Gasteiger partial charge in [-0.25, -0.2) is 13.2 Å². The Balaban J connectivity index is 1.41. The van der Waals surface area contributed by atoms with Gasteiger partial charge >= 0.3 is 5.97 Å². The summed E-state index contributed by atoms with van der Waals surface area (Å²) >= 11 is 1.16. The van der Waals surface area contributed by atoms with Gasteiger partial charge in [0.25, 0.3) is 10.0 Å². The number of carbonyl (C=O) groups is 1. The number of sulfonamides is 1. The molecular formula is C22H23NO7S2. The first-order valence-corrected chi connectivity index (χ1v) is 11.9. The Morgan fingerprint density at radius 1 is 0.906 bits per heavy atom. The summed E-state index contributed by atoms with van der Waals surface area (Å²) in [5, 5.41) is 1.71. The fraction of sp³-hybridized carbons (Fsp3) is 0.227. The number of thiophene rings is 1. The van der Waals surface area contributed by atoms with Crippen LogP contribution in [-0.4, -0.2) is 48.4 Å². The van der Waals surface area contributed by atoms with Crippen LogP contribution in [0.25, 0.3) is 0 Å². The average Bonchev–Trinajstić information content (AvgIpc) is 3.37. The van der Waals surface area contributed by atoms with Crippen LogP contribution in [0.15, 0.2) is 70.3 Å². The molecule has 0 radical (unpaired) electrons. The molecule has 1 aromatic heterocycles. The van der Waals surface area contributed by atoms with Crippen LogP contribution in [0.1, 0.15) is 0 Å². The summed E-state index contributed by atoms with van der Waals surface area (Å²) in [6.07, 6.45) is 0. The Bertz CT molecular complexity index is 1100. The zero-order valence-corrected chi connectivity index (χ0v) is 19.2. The molecule has 0 aliphatic rings. The maximum absolute atomic E-state index is 12.6. The number of carbonyl (C=O) groups excluding carboxylic acids is 1. The summed E-state index contributed by atoms with van der Waals surface area (Å²) in [6, 6.07) is 16.7. The van der Waals surface area contributed by atoms with Crippen molar-refractivity contribution >= 4 is 33.0 Å². The van der Waals surface area contributed by atoms with Gasteiger partial charge in [-0.2, -0.15) is 0 Å². The average molecular weight is 478 g/mol. The van der Waals surface area contributed by atoms with E-state index in [1.54, 1.807) is 73.2 Å². The second-order valence-corrected chi connectivity index (χ2v) is 9.58. The number of benzene rings is 2. The van der Waals surface area contributed by atoms with Crippen LogP contribution >= 0.6 is 11.3 Å². The lowest BCUT2D eigenvalue weighted by molar-refractivity contribution is -0.146. The number of hydrogen-bond acceptors (Lipinski definition) is 8. The van der Waals surface area contributed by atoms with Gasteiger partial charge in [0, 0.05) is 7.05 Å². The number of nitrogens with zero attached hydrogens (tertiary/aromatic N) is 1. The lowest BCUT2D eigenvalue weighted by Gasteiger charge is -2.18. The van der Waals surface area contributed by atoms with Crippen molar-refractivity contribution in [2.75, 3.05) is 38.3 Å². The Labute approximate surface area is 191 Å². The molecule has 10 heteroatoms. The van der Waals surface area contributed by atoms with Gasteiger partial charge in [-0.05, 0) is 60.0 Å². The summed E-state index contributed by atoms with van der Waals surface area (Å²) in [7, 11) is -0.538. The molecule has 0 saturated heterocycles.